The van der Waals surface area contributed by atoms with Gasteiger partial charge in [0.15, 0.2) is 0 Å². The summed E-state index contributed by atoms with van der Waals surface area (Å²) in [6.07, 6.45) is 1.42. The number of hydrogen-bond donors (Lipinski definition) is 3. The van der Waals surface area contributed by atoms with Crippen molar-refractivity contribution < 1.29 is 14.6 Å². The minimum absolute atomic E-state index is 0.109. The van der Waals surface area contributed by atoms with Crippen LogP contribution in [0.2, 0.25) is 0 Å². The van der Waals surface area contributed by atoms with Crippen molar-refractivity contribution in [1.82, 2.24) is 5.32 Å². The summed E-state index contributed by atoms with van der Waals surface area (Å²) < 4.78 is 13.1. The highest BCUT2D eigenvalue weighted by Gasteiger charge is 2.07. The van der Waals surface area contributed by atoms with Gasteiger partial charge in [0, 0.05) is 13.1 Å². The Labute approximate surface area is 130 Å². The van der Waals surface area contributed by atoms with Crippen molar-refractivity contribution in [2.24, 2.45) is 0 Å². The molecule has 118 valence electrons. The molecule has 2 rings (SSSR count). The summed E-state index contributed by atoms with van der Waals surface area (Å²) in [5.41, 5.74) is 1.77. The number of phenols is 1. The summed E-state index contributed by atoms with van der Waals surface area (Å²) in [5.74, 6) is -0.240. The van der Waals surface area contributed by atoms with Crippen molar-refractivity contribution >= 4 is 0 Å². The van der Waals surface area contributed by atoms with E-state index in [2.05, 4.69) is 5.32 Å². The van der Waals surface area contributed by atoms with E-state index in [0.29, 0.717) is 31.4 Å². The van der Waals surface area contributed by atoms with Crippen LogP contribution in [0.4, 0.5) is 4.39 Å². The van der Waals surface area contributed by atoms with Gasteiger partial charge in [-0.25, -0.2) is 4.39 Å². The lowest BCUT2D eigenvalue weighted by Crippen LogP contribution is -2.26. The van der Waals surface area contributed by atoms with Crippen LogP contribution < -0.4 is 5.32 Å². The third kappa shape index (κ3) is 5.47. The van der Waals surface area contributed by atoms with Crippen molar-refractivity contribution in [3.63, 3.8) is 0 Å². The van der Waals surface area contributed by atoms with Crippen molar-refractivity contribution in [3.8, 4) is 5.75 Å². The monoisotopic (exact) mass is 303 g/mol. The van der Waals surface area contributed by atoms with Crippen LogP contribution >= 0.6 is 0 Å². The normalized spacial score (nSPS) is 12.3. The molecule has 0 saturated heterocycles. The molecule has 0 saturated carbocycles. The Balaban J connectivity index is 1.65. The van der Waals surface area contributed by atoms with Gasteiger partial charge in [-0.3, -0.25) is 0 Å². The Bertz CT molecular complexity index is 575. The second kappa shape index (κ2) is 8.51. The highest BCUT2D eigenvalue weighted by atomic mass is 19.1. The van der Waals surface area contributed by atoms with E-state index in [9.17, 15) is 14.6 Å². The lowest BCUT2D eigenvalue weighted by molar-refractivity contribution is 0.158. The molecule has 2 aromatic rings. The maximum atomic E-state index is 13.1. The summed E-state index contributed by atoms with van der Waals surface area (Å²) in [4.78, 5) is 0. The molecule has 0 aliphatic heterocycles. The van der Waals surface area contributed by atoms with Crippen molar-refractivity contribution in [3.05, 3.63) is 65.5 Å². The van der Waals surface area contributed by atoms with Gasteiger partial charge in [-0.1, -0.05) is 30.3 Å². The summed E-state index contributed by atoms with van der Waals surface area (Å²) in [6.45, 7) is 1.24. The van der Waals surface area contributed by atoms with Crippen LogP contribution in [-0.4, -0.2) is 22.9 Å². The number of halogens is 1. The maximum Gasteiger partial charge on any atom is 0.123 e. The molecule has 3 N–H and O–H groups in total. The van der Waals surface area contributed by atoms with Crippen LogP contribution in [0.3, 0.4) is 0 Å². The van der Waals surface area contributed by atoms with Crippen LogP contribution in [0.1, 0.15) is 24.0 Å². The molecule has 3 nitrogen and oxygen atoms in total. The van der Waals surface area contributed by atoms with E-state index < -0.39 is 6.10 Å². The molecule has 0 unspecified atom stereocenters. The zero-order chi connectivity index (χ0) is 15.8. The molecule has 0 aliphatic rings. The van der Waals surface area contributed by atoms with Crippen molar-refractivity contribution in [2.75, 3.05) is 6.54 Å². The van der Waals surface area contributed by atoms with Crippen LogP contribution in [0.15, 0.2) is 48.5 Å². The number of aromatic hydroxyl groups is 1. The second-order valence-corrected chi connectivity index (χ2v) is 5.44. The fourth-order valence-corrected chi connectivity index (χ4v) is 2.36. The Morgan fingerprint density at radius 2 is 1.86 bits per heavy atom. The van der Waals surface area contributed by atoms with Gasteiger partial charge in [-0.05, 0) is 48.6 Å². The van der Waals surface area contributed by atoms with Crippen molar-refractivity contribution in [2.45, 2.75) is 31.9 Å². The van der Waals surface area contributed by atoms with Gasteiger partial charge in [0.2, 0.25) is 0 Å². The molecular weight excluding hydrogens is 281 g/mol. The Morgan fingerprint density at radius 1 is 1.09 bits per heavy atom. The molecule has 0 aromatic heterocycles. The van der Waals surface area contributed by atoms with E-state index in [1.807, 2.05) is 30.3 Å². The molecule has 0 amide bonds. The number of aryl methyl sites for hydroxylation is 1. The summed E-state index contributed by atoms with van der Waals surface area (Å²) in [7, 11) is 0. The fraction of sp³-hybridized carbons (Fsp3) is 0.333. The van der Waals surface area contributed by atoms with Crippen LogP contribution in [0, 0.1) is 5.82 Å². The van der Waals surface area contributed by atoms with Crippen LogP contribution in [-0.2, 0) is 13.0 Å². The molecule has 0 spiro atoms. The molecule has 22 heavy (non-hydrogen) atoms. The van der Waals surface area contributed by atoms with Crippen LogP contribution in [0.25, 0.3) is 0 Å². The van der Waals surface area contributed by atoms with Gasteiger partial charge < -0.3 is 15.5 Å². The van der Waals surface area contributed by atoms with E-state index in [-0.39, 0.29) is 11.6 Å². The van der Waals surface area contributed by atoms with Gasteiger partial charge in [-0.2, -0.15) is 0 Å². The first-order valence-corrected chi connectivity index (χ1v) is 7.55. The van der Waals surface area contributed by atoms with Crippen LogP contribution in [0.5, 0.6) is 5.75 Å². The summed E-state index contributed by atoms with van der Waals surface area (Å²) >= 11 is 0. The van der Waals surface area contributed by atoms with Gasteiger partial charge in [0.1, 0.15) is 11.6 Å². The van der Waals surface area contributed by atoms with E-state index in [1.54, 1.807) is 0 Å². The third-order valence-electron chi connectivity index (χ3n) is 3.58. The SMILES string of the molecule is Oc1ccc(F)cc1CCC[C@H](O)CNCc1ccccc1. The molecule has 0 radical (unpaired) electrons. The first kappa shape index (κ1) is 16.5. The van der Waals surface area contributed by atoms with Gasteiger partial charge in [-0.15, -0.1) is 0 Å². The number of benzene rings is 2. The zero-order valence-corrected chi connectivity index (χ0v) is 12.5. The molecule has 4 heteroatoms. The molecule has 0 fully saturated rings. The number of hydrogen-bond acceptors (Lipinski definition) is 3. The van der Waals surface area contributed by atoms with E-state index in [4.69, 9.17) is 0 Å². The van der Waals surface area contributed by atoms with Gasteiger partial charge >= 0.3 is 0 Å². The first-order chi connectivity index (χ1) is 10.6. The minimum Gasteiger partial charge on any atom is -0.508 e. The molecular formula is C18H22FNO2. The number of rotatable bonds is 8. The Morgan fingerprint density at radius 3 is 2.64 bits per heavy atom. The molecule has 0 bridgehead atoms. The standard InChI is InChI=1S/C18H22FNO2/c19-16-9-10-18(22)15(11-16)7-4-8-17(21)13-20-12-14-5-2-1-3-6-14/h1-3,5-6,9-11,17,20-22H,4,7-8,12-13H2/t17-/m0/s1. The van der Waals surface area contributed by atoms with Gasteiger partial charge in [0.05, 0.1) is 6.10 Å². The largest absolute Gasteiger partial charge is 0.508 e. The predicted octanol–water partition coefficient (Wildman–Crippen LogP) is 3.00. The average molecular weight is 303 g/mol. The highest BCUT2D eigenvalue weighted by Crippen LogP contribution is 2.20. The Hall–Kier alpha value is -1.91. The lowest BCUT2D eigenvalue weighted by Gasteiger charge is -2.12. The number of aliphatic hydroxyl groups excluding tert-OH is 1. The van der Waals surface area contributed by atoms with E-state index >= 15 is 0 Å². The highest BCUT2D eigenvalue weighted by molar-refractivity contribution is 5.32. The summed E-state index contributed by atoms with van der Waals surface area (Å²) in [5, 5.41) is 22.8. The topological polar surface area (TPSA) is 52.5 Å². The Kier molecular flexibility index (Phi) is 6.37. The molecule has 0 aliphatic carbocycles. The molecule has 1 atom stereocenters. The molecule has 2 aromatic carbocycles. The quantitative estimate of drug-likeness (QED) is 0.702. The van der Waals surface area contributed by atoms with Crippen molar-refractivity contribution in [1.29, 1.82) is 0 Å². The maximum absolute atomic E-state index is 13.1. The summed E-state index contributed by atoms with van der Waals surface area (Å²) in [6, 6.07) is 14.0. The smallest absolute Gasteiger partial charge is 0.123 e. The van der Waals surface area contributed by atoms with Gasteiger partial charge in [0.25, 0.3) is 0 Å². The fourth-order valence-electron chi connectivity index (χ4n) is 2.36. The first-order valence-electron chi connectivity index (χ1n) is 7.55. The third-order valence-corrected chi connectivity index (χ3v) is 3.58. The minimum atomic E-state index is -0.445. The number of phenolic OH excluding ortho intramolecular Hbond substituents is 1. The van der Waals surface area contributed by atoms with E-state index in [1.165, 1.54) is 23.8 Å². The predicted molar refractivity (Wildman–Crippen MR) is 85.2 cm³/mol. The number of nitrogens with one attached hydrogen (secondary N) is 1. The number of aliphatic hydroxyl groups is 1. The average Bonchev–Trinajstić information content (AvgIpc) is 2.52. The zero-order valence-electron chi connectivity index (χ0n) is 12.5. The molecule has 0 heterocycles. The van der Waals surface area contributed by atoms with E-state index in [0.717, 1.165) is 6.54 Å². The lowest BCUT2D eigenvalue weighted by atomic mass is 10.0. The second-order valence-electron chi connectivity index (χ2n) is 5.44.